The van der Waals surface area contributed by atoms with Crippen LogP contribution in [0.15, 0.2) is 12.1 Å². The van der Waals surface area contributed by atoms with E-state index in [-0.39, 0.29) is 18.4 Å². The van der Waals surface area contributed by atoms with Gasteiger partial charge in [0.15, 0.2) is 11.5 Å². The van der Waals surface area contributed by atoms with E-state index < -0.39 is 6.04 Å². The molecule has 2 amide bonds. The fraction of sp³-hybridized carbons (Fsp3) is 0.619. The van der Waals surface area contributed by atoms with Gasteiger partial charge >= 0.3 is 12.0 Å². The van der Waals surface area contributed by atoms with Crippen LogP contribution in [0.2, 0.25) is 0 Å². The lowest BCUT2D eigenvalue weighted by Crippen LogP contribution is -2.47. The Morgan fingerprint density at radius 1 is 1.18 bits per heavy atom. The number of ether oxygens (including phenoxy) is 3. The van der Waals surface area contributed by atoms with Crippen LogP contribution in [-0.2, 0) is 16.0 Å². The standard InChI is InChI=1S/C21H32N2O5/c1-6-27-18-10-15-8-9-23(21(25)22-13-14(3)4)17(12-20(24)26-5)16(15)11-19(18)28-7-2/h10-11,14,17H,6-9,12-13H2,1-5H3,(H,22,25). The molecule has 2 rings (SSSR count). The first kappa shape index (κ1) is 21.9. The van der Waals surface area contributed by atoms with Gasteiger partial charge in [0.1, 0.15) is 0 Å². The highest BCUT2D eigenvalue weighted by molar-refractivity contribution is 5.77. The van der Waals surface area contributed by atoms with Crippen molar-refractivity contribution in [3.05, 3.63) is 23.3 Å². The summed E-state index contributed by atoms with van der Waals surface area (Å²) in [7, 11) is 1.36. The predicted octanol–water partition coefficient (Wildman–Crippen LogP) is 3.31. The Bertz CT molecular complexity index is 690. The number of urea groups is 1. The Morgan fingerprint density at radius 2 is 1.82 bits per heavy atom. The van der Waals surface area contributed by atoms with Crippen LogP contribution in [-0.4, -0.2) is 50.3 Å². The maximum absolute atomic E-state index is 12.8. The van der Waals surface area contributed by atoms with Crippen molar-refractivity contribution < 1.29 is 23.8 Å². The van der Waals surface area contributed by atoms with Gasteiger partial charge < -0.3 is 24.4 Å². The summed E-state index contributed by atoms with van der Waals surface area (Å²) in [6.07, 6.45) is 0.784. The molecule has 0 saturated carbocycles. The van der Waals surface area contributed by atoms with E-state index in [4.69, 9.17) is 14.2 Å². The highest BCUT2D eigenvalue weighted by Gasteiger charge is 2.34. The Hall–Kier alpha value is -2.44. The minimum absolute atomic E-state index is 0.0954. The quantitative estimate of drug-likeness (QED) is 0.687. The van der Waals surface area contributed by atoms with E-state index >= 15 is 0 Å². The van der Waals surface area contributed by atoms with Crippen molar-refractivity contribution in [2.75, 3.05) is 33.4 Å². The fourth-order valence-corrected chi connectivity index (χ4v) is 3.34. The molecule has 7 nitrogen and oxygen atoms in total. The number of nitrogens with one attached hydrogen (secondary N) is 1. The SMILES string of the molecule is CCOc1cc2c(cc1OCC)C(CC(=O)OC)N(C(=O)NCC(C)C)CC2. The molecule has 1 aliphatic rings. The molecule has 0 bridgehead atoms. The van der Waals surface area contributed by atoms with Crippen molar-refractivity contribution in [3.63, 3.8) is 0 Å². The highest BCUT2D eigenvalue weighted by atomic mass is 16.5. The van der Waals surface area contributed by atoms with Crippen molar-refractivity contribution in [1.82, 2.24) is 10.2 Å². The van der Waals surface area contributed by atoms with Crippen LogP contribution < -0.4 is 14.8 Å². The summed E-state index contributed by atoms with van der Waals surface area (Å²) in [6.45, 7) is 10.1. The van der Waals surface area contributed by atoms with Gasteiger partial charge in [0, 0.05) is 13.1 Å². The van der Waals surface area contributed by atoms with Gasteiger partial charge in [-0.2, -0.15) is 0 Å². The molecule has 1 atom stereocenters. The van der Waals surface area contributed by atoms with Crippen LogP contribution >= 0.6 is 0 Å². The van der Waals surface area contributed by atoms with E-state index in [2.05, 4.69) is 5.32 Å². The number of methoxy groups -OCH3 is 1. The first-order valence-corrected chi connectivity index (χ1v) is 9.94. The zero-order chi connectivity index (χ0) is 20.7. The third-order valence-corrected chi connectivity index (χ3v) is 4.67. The Morgan fingerprint density at radius 3 is 2.39 bits per heavy atom. The molecule has 7 heteroatoms. The topological polar surface area (TPSA) is 77.1 Å². The Balaban J connectivity index is 2.40. The van der Waals surface area contributed by atoms with Crippen LogP contribution in [0, 0.1) is 5.92 Å². The first-order valence-electron chi connectivity index (χ1n) is 9.94. The molecule has 156 valence electrons. The van der Waals surface area contributed by atoms with Crippen molar-refractivity contribution in [3.8, 4) is 11.5 Å². The van der Waals surface area contributed by atoms with Crippen LogP contribution in [0.1, 0.15) is 51.3 Å². The maximum atomic E-state index is 12.8. The second-order valence-electron chi connectivity index (χ2n) is 7.18. The summed E-state index contributed by atoms with van der Waals surface area (Å²) < 4.78 is 16.4. The average Bonchev–Trinajstić information content (AvgIpc) is 2.67. The molecule has 0 aromatic heterocycles. The number of carbonyl (C=O) groups excluding carboxylic acids is 2. The third-order valence-electron chi connectivity index (χ3n) is 4.67. The molecule has 1 heterocycles. The van der Waals surface area contributed by atoms with Gasteiger partial charge in [-0.15, -0.1) is 0 Å². The Labute approximate surface area is 167 Å². The Kier molecular flexibility index (Phi) is 7.96. The molecule has 0 radical (unpaired) electrons. The zero-order valence-corrected chi connectivity index (χ0v) is 17.5. The summed E-state index contributed by atoms with van der Waals surface area (Å²) in [5, 5.41) is 2.95. The van der Waals surface area contributed by atoms with E-state index in [1.165, 1.54) is 7.11 Å². The van der Waals surface area contributed by atoms with Crippen LogP contribution in [0.25, 0.3) is 0 Å². The van der Waals surface area contributed by atoms with Gasteiger partial charge in [0.25, 0.3) is 0 Å². The highest BCUT2D eigenvalue weighted by Crippen LogP contribution is 2.40. The molecule has 1 unspecified atom stereocenters. The van der Waals surface area contributed by atoms with E-state index in [9.17, 15) is 9.59 Å². The van der Waals surface area contributed by atoms with Gasteiger partial charge in [0.2, 0.25) is 0 Å². The van der Waals surface area contributed by atoms with E-state index in [1.807, 2.05) is 39.8 Å². The summed E-state index contributed by atoms with van der Waals surface area (Å²) in [6, 6.07) is 3.30. The van der Waals surface area contributed by atoms with Gasteiger partial charge in [-0.05, 0) is 49.4 Å². The summed E-state index contributed by atoms with van der Waals surface area (Å²) in [5.41, 5.74) is 1.97. The van der Waals surface area contributed by atoms with Crippen molar-refractivity contribution >= 4 is 12.0 Å². The summed E-state index contributed by atoms with van der Waals surface area (Å²) in [5.74, 6) is 1.31. The van der Waals surface area contributed by atoms with Gasteiger partial charge in [-0.25, -0.2) is 4.79 Å². The van der Waals surface area contributed by atoms with Crippen molar-refractivity contribution in [1.29, 1.82) is 0 Å². The fourth-order valence-electron chi connectivity index (χ4n) is 3.34. The number of nitrogens with zero attached hydrogens (tertiary/aromatic N) is 1. The monoisotopic (exact) mass is 392 g/mol. The number of amides is 2. The van der Waals surface area contributed by atoms with Gasteiger partial charge in [0.05, 0.1) is 32.8 Å². The normalized spacial score (nSPS) is 15.8. The number of hydrogen-bond donors (Lipinski definition) is 1. The molecular formula is C21H32N2O5. The van der Waals surface area contributed by atoms with Crippen LogP contribution in [0.5, 0.6) is 11.5 Å². The van der Waals surface area contributed by atoms with Crippen LogP contribution in [0.3, 0.4) is 0 Å². The number of carbonyl (C=O) groups is 2. The zero-order valence-electron chi connectivity index (χ0n) is 17.5. The molecule has 0 aliphatic carbocycles. The lowest BCUT2D eigenvalue weighted by molar-refractivity contribution is -0.141. The first-order chi connectivity index (χ1) is 13.4. The second-order valence-corrected chi connectivity index (χ2v) is 7.18. The maximum Gasteiger partial charge on any atom is 0.317 e. The number of esters is 1. The molecule has 1 aromatic rings. The van der Waals surface area contributed by atoms with Gasteiger partial charge in [-0.1, -0.05) is 13.8 Å². The predicted molar refractivity (Wildman–Crippen MR) is 107 cm³/mol. The molecule has 1 aliphatic heterocycles. The number of rotatable bonds is 8. The van der Waals surface area contributed by atoms with Crippen molar-refractivity contribution in [2.45, 2.75) is 46.6 Å². The van der Waals surface area contributed by atoms with E-state index in [1.54, 1.807) is 4.90 Å². The van der Waals surface area contributed by atoms with Crippen molar-refractivity contribution in [2.24, 2.45) is 5.92 Å². The number of hydrogen-bond acceptors (Lipinski definition) is 5. The van der Waals surface area contributed by atoms with Gasteiger partial charge in [-0.3, -0.25) is 4.79 Å². The molecule has 28 heavy (non-hydrogen) atoms. The average molecular weight is 392 g/mol. The summed E-state index contributed by atoms with van der Waals surface area (Å²) in [4.78, 5) is 26.6. The van der Waals surface area contributed by atoms with E-state index in [0.717, 1.165) is 11.1 Å². The smallest absolute Gasteiger partial charge is 0.317 e. The lowest BCUT2D eigenvalue weighted by Gasteiger charge is -2.37. The molecule has 0 saturated heterocycles. The minimum Gasteiger partial charge on any atom is -0.490 e. The molecule has 1 N–H and O–H groups in total. The molecule has 0 fully saturated rings. The molecule has 0 spiro atoms. The number of benzene rings is 1. The number of fused-ring (bicyclic) bond motifs is 1. The third kappa shape index (κ3) is 5.30. The lowest BCUT2D eigenvalue weighted by atomic mass is 9.90. The largest absolute Gasteiger partial charge is 0.490 e. The van der Waals surface area contributed by atoms with Crippen LogP contribution in [0.4, 0.5) is 4.79 Å². The van der Waals surface area contributed by atoms with E-state index in [0.29, 0.717) is 50.1 Å². The summed E-state index contributed by atoms with van der Waals surface area (Å²) >= 11 is 0. The second kappa shape index (κ2) is 10.2. The molecular weight excluding hydrogens is 360 g/mol. The minimum atomic E-state index is -0.404. The molecule has 1 aromatic carbocycles.